The van der Waals surface area contributed by atoms with Crippen LogP contribution in [0, 0.1) is 0 Å². The predicted octanol–water partition coefficient (Wildman–Crippen LogP) is 3.42. The molecule has 108 valence electrons. The van der Waals surface area contributed by atoms with E-state index < -0.39 is 0 Å². The Morgan fingerprint density at radius 2 is 2.30 bits per heavy atom. The van der Waals surface area contributed by atoms with E-state index in [1.54, 1.807) is 18.1 Å². The molecule has 2 aromatic rings. The van der Waals surface area contributed by atoms with Gasteiger partial charge in [0.25, 0.3) is 0 Å². The number of aromatic nitrogens is 4. The molecule has 3 rings (SSSR count). The second-order valence-electron chi connectivity index (χ2n) is 5.03. The fourth-order valence-electron chi connectivity index (χ4n) is 2.40. The van der Waals surface area contributed by atoms with Crippen LogP contribution in [0.4, 0.5) is 0 Å². The molecule has 0 unspecified atom stereocenters. The molecule has 1 aliphatic rings. The van der Waals surface area contributed by atoms with Crippen LogP contribution in [-0.2, 0) is 4.74 Å². The van der Waals surface area contributed by atoms with E-state index in [-0.39, 0.29) is 6.23 Å². The average molecular weight is 292 g/mol. The normalized spacial score (nSPS) is 19.6. The molecule has 0 aliphatic carbocycles. The van der Waals surface area contributed by atoms with Gasteiger partial charge in [-0.25, -0.2) is 15.0 Å². The van der Waals surface area contributed by atoms with Gasteiger partial charge in [-0.05, 0) is 31.4 Å². The van der Waals surface area contributed by atoms with Crippen molar-refractivity contribution in [1.29, 1.82) is 0 Å². The van der Waals surface area contributed by atoms with Crippen LogP contribution >= 0.6 is 11.8 Å². The van der Waals surface area contributed by atoms with E-state index in [1.807, 2.05) is 6.33 Å². The van der Waals surface area contributed by atoms with E-state index in [0.717, 1.165) is 41.4 Å². The van der Waals surface area contributed by atoms with E-state index in [1.165, 1.54) is 19.3 Å². The first-order chi connectivity index (χ1) is 9.90. The first kappa shape index (κ1) is 13.8. The Hall–Kier alpha value is -1.14. The van der Waals surface area contributed by atoms with Crippen molar-refractivity contribution in [2.45, 2.75) is 50.3 Å². The van der Waals surface area contributed by atoms with Gasteiger partial charge in [-0.1, -0.05) is 13.3 Å². The van der Waals surface area contributed by atoms with Crippen LogP contribution in [0.2, 0.25) is 0 Å². The summed E-state index contributed by atoms with van der Waals surface area (Å²) in [5.74, 6) is 1.08. The van der Waals surface area contributed by atoms with Crippen molar-refractivity contribution >= 4 is 22.9 Å². The Balaban J connectivity index is 1.86. The molecular formula is C14H20N4OS. The number of nitrogens with zero attached hydrogens (tertiary/aromatic N) is 4. The SMILES string of the molecule is CCCCSc1ncnc2c1ncn2[C@@H]1CCCCO1. The third-order valence-electron chi connectivity index (χ3n) is 3.53. The molecule has 20 heavy (non-hydrogen) atoms. The van der Waals surface area contributed by atoms with Gasteiger partial charge < -0.3 is 4.74 Å². The molecule has 0 bridgehead atoms. The first-order valence-electron chi connectivity index (χ1n) is 7.32. The summed E-state index contributed by atoms with van der Waals surface area (Å²) in [6.07, 6.45) is 9.35. The highest BCUT2D eigenvalue weighted by Gasteiger charge is 2.19. The van der Waals surface area contributed by atoms with Crippen LogP contribution < -0.4 is 0 Å². The molecule has 6 heteroatoms. The summed E-state index contributed by atoms with van der Waals surface area (Å²) >= 11 is 1.77. The Morgan fingerprint density at radius 3 is 3.10 bits per heavy atom. The van der Waals surface area contributed by atoms with Crippen LogP contribution in [0.1, 0.15) is 45.3 Å². The molecule has 1 atom stereocenters. The summed E-state index contributed by atoms with van der Waals surface area (Å²) in [4.78, 5) is 13.3. The quantitative estimate of drug-likeness (QED) is 0.480. The summed E-state index contributed by atoms with van der Waals surface area (Å²) in [5.41, 5.74) is 1.80. The largest absolute Gasteiger partial charge is 0.358 e. The van der Waals surface area contributed by atoms with E-state index >= 15 is 0 Å². The fraction of sp³-hybridized carbons (Fsp3) is 0.643. The van der Waals surface area contributed by atoms with E-state index in [2.05, 4.69) is 26.4 Å². The van der Waals surface area contributed by atoms with Gasteiger partial charge in [-0.15, -0.1) is 11.8 Å². The zero-order valence-corrected chi connectivity index (χ0v) is 12.6. The Kier molecular flexibility index (Phi) is 4.52. The highest BCUT2D eigenvalue weighted by atomic mass is 32.2. The van der Waals surface area contributed by atoms with Gasteiger partial charge in [0.2, 0.25) is 0 Å². The van der Waals surface area contributed by atoms with Crippen LogP contribution in [0.3, 0.4) is 0 Å². The van der Waals surface area contributed by atoms with Crippen LogP contribution in [0.15, 0.2) is 17.7 Å². The minimum atomic E-state index is 0.0807. The van der Waals surface area contributed by atoms with Gasteiger partial charge in [-0.3, -0.25) is 4.57 Å². The Morgan fingerprint density at radius 1 is 1.35 bits per heavy atom. The minimum Gasteiger partial charge on any atom is -0.358 e. The summed E-state index contributed by atoms with van der Waals surface area (Å²) in [6, 6.07) is 0. The average Bonchev–Trinajstić information content (AvgIpc) is 2.93. The van der Waals surface area contributed by atoms with E-state index in [0.29, 0.717) is 0 Å². The molecule has 0 radical (unpaired) electrons. The molecule has 2 aromatic heterocycles. The molecule has 0 N–H and O–H groups in total. The van der Waals surface area contributed by atoms with Crippen molar-refractivity contribution < 1.29 is 4.74 Å². The zero-order chi connectivity index (χ0) is 13.8. The maximum atomic E-state index is 5.82. The lowest BCUT2D eigenvalue weighted by atomic mass is 10.2. The van der Waals surface area contributed by atoms with Crippen molar-refractivity contribution in [3.05, 3.63) is 12.7 Å². The Labute approximate surface area is 123 Å². The van der Waals surface area contributed by atoms with Crippen LogP contribution in [0.5, 0.6) is 0 Å². The first-order valence-corrected chi connectivity index (χ1v) is 8.30. The van der Waals surface area contributed by atoms with Gasteiger partial charge in [0.15, 0.2) is 5.65 Å². The summed E-state index contributed by atoms with van der Waals surface area (Å²) in [7, 11) is 0. The number of hydrogen-bond acceptors (Lipinski definition) is 5. The van der Waals surface area contributed by atoms with Crippen molar-refractivity contribution in [2.24, 2.45) is 0 Å². The number of rotatable bonds is 5. The molecule has 0 saturated carbocycles. The van der Waals surface area contributed by atoms with Crippen molar-refractivity contribution in [3.8, 4) is 0 Å². The van der Waals surface area contributed by atoms with Gasteiger partial charge in [0, 0.05) is 6.61 Å². The van der Waals surface area contributed by atoms with E-state index in [9.17, 15) is 0 Å². The molecule has 0 amide bonds. The fourth-order valence-corrected chi connectivity index (χ4v) is 3.43. The smallest absolute Gasteiger partial charge is 0.166 e. The molecule has 0 aromatic carbocycles. The number of hydrogen-bond donors (Lipinski definition) is 0. The summed E-state index contributed by atoms with van der Waals surface area (Å²) in [5, 5.41) is 0.984. The number of ether oxygens (including phenoxy) is 1. The molecule has 3 heterocycles. The molecule has 1 saturated heterocycles. The van der Waals surface area contributed by atoms with Crippen molar-refractivity contribution in [2.75, 3.05) is 12.4 Å². The number of fused-ring (bicyclic) bond motifs is 1. The van der Waals surface area contributed by atoms with E-state index in [4.69, 9.17) is 4.74 Å². The lowest BCUT2D eigenvalue weighted by Gasteiger charge is -2.23. The number of thioether (sulfide) groups is 1. The van der Waals surface area contributed by atoms with Crippen molar-refractivity contribution in [3.63, 3.8) is 0 Å². The third-order valence-corrected chi connectivity index (χ3v) is 4.59. The standard InChI is InChI=1S/C14H20N4OS/c1-2-3-8-20-14-12-13(15-9-16-14)18(10-17-12)11-6-4-5-7-19-11/h9-11H,2-8H2,1H3/t11-/m0/s1. The Bertz CT molecular complexity index is 565. The lowest BCUT2D eigenvalue weighted by Crippen LogP contribution is -2.17. The second kappa shape index (κ2) is 6.54. The van der Waals surface area contributed by atoms with Crippen LogP contribution in [-0.4, -0.2) is 31.9 Å². The van der Waals surface area contributed by atoms with Crippen LogP contribution in [0.25, 0.3) is 11.2 Å². The highest BCUT2D eigenvalue weighted by molar-refractivity contribution is 7.99. The van der Waals surface area contributed by atoms with Gasteiger partial charge >= 0.3 is 0 Å². The molecule has 1 aliphatic heterocycles. The summed E-state index contributed by atoms with van der Waals surface area (Å²) in [6.45, 7) is 3.03. The topological polar surface area (TPSA) is 52.8 Å². The minimum absolute atomic E-state index is 0.0807. The molecular weight excluding hydrogens is 272 g/mol. The van der Waals surface area contributed by atoms with Gasteiger partial charge in [-0.2, -0.15) is 0 Å². The number of unbranched alkanes of at least 4 members (excludes halogenated alkanes) is 1. The molecule has 0 spiro atoms. The zero-order valence-electron chi connectivity index (χ0n) is 11.8. The molecule has 1 fully saturated rings. The van der Waals surface area contributed by atoms with Crippen molar-refractivity contribution in [1.82, 2.24) is 19.5 Å². The summed E-state index contributed by atoms with van der Waals surface area (Å²) < 4.78 is 7.88. The maximum Gasteiger partial charge on any atom is 0.166 e. The maximum absolute atomic E-state index is 5.82. The van der Waals surface area contributed by atoms with Gasteiger partial charge in [0.05, 0.1) is 6.33 Å². The number of imidazole rings is 1. The second-order valence-corrected chi connectivity index (χ2v) is 6.11. The monoisotopic (exact) mass is 292 g/mol. The van der Waals surface area contributed by atoms with Gasteiger partial charge in [0.1, 0.15) is 23.1 Å². The lowest BCUT2D eigenvalue weighted by molar-refractivity contribution is -0.0298. The molecule has 5 nitrogen and oxygen atoms in total. The third kappa shape index (κ3) is 2.81. The highest BCUT2D eigenvalue weighted by Crippen LogP contribution is 2.29. The predicted molar refractivity (Wildman–Crippen MR) is 79.8 cm³/mol.